The molecule has 0 bridgehead atoms. The molecule has 1 aromatic carbocycles. The number of alkyl halides is 2. The molecule has 1 aliphatic heterocycles. The van der Waals surface area contributed by atoms with E-state index in [1.54, 1.807) is 18.5 Å². The summed E-state index contributed by atoms with van der Waals surface area (Å²) in [6, 6.07) is 11.0. The van der Waals surface area contributed by atoms with Gasteiger partial charge in [0, 0.05) is 49.8 Å². The average Bonchev–Trinajstić information content (AvgIpc) is 2.63. The van der Waals surface area contributed by atoms with Crippen molar-refractivity contribution in [3.8, 4) is 0 Å². The minimum Gasteiger partial charge on any atom is -0.368 e. The van der Waals surface area contributed by atoms with Gasteiger partial charge in [-0.1, -0.05) is 30.3 Å². The molecule has 3 rings (SSSR count). The number of hydrogen-bond acceptors (Lipinski definition) is 3. The molecule has 0 aliphatic carbocycles. The van der Waals surface area contributed by atoms with Crippen molar-refractivity contribution in [1.82, 2.24) is 9.88 Å². The van der Waals surface area contributed by atoms with Gasteiger partial charge in [0.2, 0.25) is 0 Å². The number of rotatable bonds is 3. The zero-order valence-corrected chi connectivity index (χ0v) is 12.5. The molecule has 0 spiro atoms. The number of nitrogens with zero attached hydrogens (tertiary/aromatic N) is 3. The average molecular weight is 317 g/mol. The Morgan fingerprint density at radius 3 is 2.17 bits per heavy atom. The van der Waals surface area contributed by atoms with Crippen molar-refractivity contribution in [3.63, 3.8) is 0 Å². The van der Waals surface area contributed by atoms with Gasteiger partial charge >= 0.3 is 5.92 Å². The summed E-state index contributed by atoms with van der Waals surface area (Å²) >= 11 is 0. The van der Waals surface area contributed by atoms with Gasteiger partial charge in [0.1, 0.15) is 0 Å². The van der Waals surface area contributed by atoms with Gasteiger partial charge in [0.25, 0.3) is 5.91 Å². The minimum absolute atomic E-state index is 0.262. The Balaban J connectivity index is 1.67. The smallest absolute Gasteiger partial charge is 0.349 e. The number of pyridine rings is 1. The second-order valence-electron chi connectivity index (χ2n) is 5.43. The molecular formula is C17H17F2N3O. The van der Waals surface area contributed by atoms with Crippen LogP contribution >= 0.6 is 0 Å². The summed E-state index contributed by atoms with van der Waals surface area (Å²) in [5, 5.41) is 0. The van der Waals surface area contributed by atoms with Crippen LogP contribution in [0.5, 0.6) is 0 Å². The first-order valence-corrected chi connectivity index (χ1v) is 7.47. The molecule has 0 saturated carbocycles. The fourth-order valence-corrected chi connectivity index (χ4v) is 2.69. The summed E-state index contributed by atoms with van der Waals surface area (Å²) < 4.78 is 28.7. The van der Waals surface area contributed by atoms with Crippen LogP contribution in [0.4, 0.5) is 14.5 Å². The lowest BCUT2D eigenvalue weighted by Gasteiger charge is -2.37. The Morgan fingerprint density at radius 1 is 0.957 bits per heavy atom. The molecule has 1 aliphatic rings. The largest absolute Gasteiger partial charge is 0.368 e. The van der Waals surface area contributed by atoms with E-state index in [0.717, 1.165) is 5.69 Å². The van der Waals surface area contributed by atoms with Gasteiger partial charge < -0.3 is 9.80 Å². The zero-order chi connectivity index (χ0) is 16.3. The van der Waals surface area contributed by atoms with Crippen molar-refractivity contribution in [2.45, 2.75) is 5.92 Å². The highest BCUT2D eigenvalue weighted by Crippen LogP contribution is 2.30. The molecule has 0 radical (unpaired) electrons. The van der Waals surface area contributed by atoms with E-state index >= 15 is 0 Å². The third kappa shape index (κ3) is 3.16. The van der Waals surface area contributed by atoms with Crippen molar-refractivity contribution in [3.05, 3.63) is 60.4 Å². The number of carbonyl (C=O) groups excluding carboxylic acids is 1. The van der Waals surface area contributed by atoms with Gasteiger partial charge in [-0.05, 0) is 12.1 Å². The molecule has 0 atom stereocenters. The molecule has 0 N–H and O–H groups in total. The summed E-state index contributed by atoms with van der Waals surface area (Å²) in [5.74, 6) is -4.61. The Morgan fingerprint density at radius 2 is 1.57 bits per heavy atom. The normalized spacial score (nSPS) is 15.6. The summed E-state index contributed by atoms with van der Waals surface area (Å²) in [6.07, 6.45) is 3.38. The quantitative estimate of drug-likeness (QED) is 0.873. The predicted octanol–water partition coefficient (Wildman–Crippen LogP) is 2.52. The fraction of sp³-hybridized carbons (Fsp3) is 0.294. The number of amides is 1. The highest BCUT2D eigenvalue weighted by Gasteiger charge is 2.44. The molecule has 1 saturated heterocycles. The van der Waals surface area contributed by atoms with Crippen molar-refractivity contribution in [2.24, 2.45) is 0 Å². The van der Waals surface area contributed by atoms with Gasteiger partial charge in [-0.3, -0.25) is 9.78 Å². The maximum absolute atomic E-state index is 14.3. The van der Waals surface area contributed by atoms with Crippen LogP contribution in [-0.2, 0) is 10.7 Å². The Hall–Kier alpha value is -2.50. The van der Waals surface area contributed by atoms with Crippen molar-refractivity contribution in [1.29, 1.82) is 0 Å². The van der Waals surface area contributed by atoms with Crippen LogP contribution in [0.1, 0.15) is 5.56 Å². The Kier molecular flexibility index (Phi) is 4.23. The molecule has 2 heterocycles. The first kappa shape index (κ1) is 15.4. The molecule has 2 aromatic rings. The van der Waals surface area contributed by atoms with Gasteiger partial charge in [-0.15, -0.1) is 0 Å². The standard InChI is InChI=1S/C17H17F2N3O/c18-17(19,14-4-2-1-3-5-14)16(23)22-12-10-21(11-13-22)15-6-8-20-9-7-15/h1-9H,10-13H2. The molecule has 0 unspecified atom stereocenters. The van der Waals surface area contributed by atoms with E-state index in [0.29, 0.717) is 13.1 Å². The van der Waals surface area contributed by atoms with E-state index in [-0.39, 0.29) is 18.7 Å². The van der Waals surface area contributed by atoms with Crippen LogP contribution in [0.25, 0.3) is 0 Å². The molecule has 120 valence electrons. The van der Waals surface area contributed by atoms with Crippen molar-refractivity contribution in [2.75, 3.05) is 31.1 Å². The number of carbonyl (C=O) groups is 1. The van der Waals surface area contributed by atoms with E-state index in [1.807, 2.05) is 12.1 Å². The number of benzene rings is 1. The van der Waals surface area contributed by atoms with Crippen LogP contribution in [0.15, 0.2) is 54.9 Å². The third-order valence-electron chi connectivity index (χ3n) is 4.00. The molecule has 1 aromatic heterocycles. The zero-order valence-electron chi connectivity index (χ0n) is 12.5. The monoisotopic (exact) mass is 317 g/mol. The second kappa shape index (κ2) is 6.32. The number of anilines is 1. The van der Waals surface area contributed by atoms with Crippen LogP contribution in [0.3, 0.4) is 0 Å². The van der Waals surface area contributed by atoms with Crippen LogP contribution < -0.4 is 4.90 Å². The summed E-state index contributed by atoms with van der Waals surface area (Å²) in [4.78, 5) is 19.5. The highest BCUT2D eigenvalue weighted by atomic mass is 19.3. The van der Waals surface area contributed by atoms with Gasteiger partial charge in [0.15, 0.2) is 0 Å². The highest BCUT2D eigenvalue weighted by molar-refractivity contribution is 5.85. The van der Waals surface area contributed by atoms with E-state index < -0.39 is 11.8 Å². The van der Waals surface area contributed by atoms with Crippen LogP contribution in [-0.4, -0.2) is 42.0 Å². The van der Waals surface area contributed by atoms with Gasteiger partial charge in [-0.2, -0.15) is 8.78 Å². The Labute approximate surface area is 133 Å². The van der Waals surface area contributed by atoms with Gasteiger partial charge in [-0.25, -0.2) is 0 Å². The molecular weight excluding hydrogens is 300 g/mol. The fourth-order valence-electron chi connectivity index (χ4n) is 2.69. The van der Waals surface area contributed by atoms with E-state index in [2.05, 4.69) is 9.88 Å². The SMILES string of the molecule is O=C(N1CCN(c2ccncc2)CC1)C(F)(F)c1ccccc1. The summed E-state index contributed by atoms with van der Waals surface area (Å²) in [6.45, 7) is 1.62. The molecule has 1 fully saturated rings. The van der Waals surface area contributed by atoms with Crippen molar-refractivity contribution < 1.29 is 13.6 Å². The number of piperazine rings is 1. The lowest BCUT2D eigenvalue weighted by Crippen LogP contribution is -2.52. The first-order chi connectivity index (χ1) is 11.1. The maximum atomic E-state index is 14.3. The predicted molar refractivity (Wildman–Crippen MR) is 83.4 cm³/mol. The van der Waals surface area contributed by atoms with E-state index in [9.17, 15) is 13.6 Å². The molecule has 6 heteroatoms. The lowest BCUT2D eigenvalue weighted by molar-refractivity contribution is -0.159. The second-order valence-corrected chi connectivity index (χ2v) is 5.43. The number of hydrogen-bond donors (Lipinski definition) is 0. The van der Waals surface area contributed by atoms with E-state index in [1.165, 1.54) is 29.2 Å². The number of aromatic nitrogens is 1. The lowest BCUT2D eigenvalue weighted by atomic mass is 10.1. The summed E-state index contributed by atoms with van der Waals surface area (Å²) in [7, 11) is 0. The maximum Gasteiger partial charge on any atom is 0.349 e. The molecule has 23 heavy (non-hydrogen) atoms. The topological polar surface area (TPSA) is 36.4 Å². The van der Waals surface area contributed by atoms with Crippen LogP contribution in [0, 0.1) is 0 Å². The molecule has 1 amide bonds. The third-order valence-corrected chi connectivity index (χ3v) is 4.00. The van der Waals surface area contributed by atoms with E-state index in [4.69, 9.17) is 0 Å². The molecule has 4 nitrogen and oxygen atoms in total. The first-order valence-electron chi connectivity index (χ1n) is 7.47. The van der Waals surface area contributed by atoms with Crippen molar-refractivity contribution >= 4 is 11.6 Å². The van der Waals surface area contributed by atoms with Crippen LogP contribution in [0.2, 0.25) is 0 Å². The van der Waals surface area contributed by atoms with Gasteiger partial charge in [0.05, 0.1) is 0 Å². The summed E-state index contributed by atoms with van der Waals surface area (Å²) in [5.41, 5.74) is 0.725. The Bertz CT molecular complexity index is 656. The minimum atomic E-state index is -3.49. The number of halogens is 2.